The number of aromatic nitrogens is 1. The fourth-order valence-corrected chi connectivity index (χ4v) is 3.22. The summed E-state index contributed by atoms with van der Waals surface area (Å²) in [6.07, 6.45) is 0. The number of nitrogens with one attached hydrogen (secondary N) is 1. The van der Waals surface area contributed by atoms with Gasteiger partial charge in [0.25, 0.3) is 0 Å². The Balaban J connectivity index is 2.13. The van der Waals surface area contributed by atoms with E-state index in [1.54, 1.807) is 0 Å². The second kappa shape index (κ2) is 5.45. The minimum Gasteiger partial charge on any atom is -0.353 e. The number of rotatable bonds is 2. The van der Waals surface area contributed by atoms with E-state index in [1.165, 1.54) is 33.2 Å². The summed E-state index contributed by atoms with van der Waals surface area (Å²) >= 11 is 0. The van der Waals surface area contributed by atoms with Crippen LogP contribution in [0.5, 0.6) is 0 Å². The molecule has 2 aromatic carbocycles. The summed E-state index contributed by atoms with van der Waals surface area (Å²) in [6, 6.07) is 12.8. The number of para-hydroxylation sites is 1. The average molecular weight is 290 g/mol. The van der Waals surface area contributed by atoms with Crippen LogP contribution in [0.25, 0.3) is 10.9 Å². The maximum Gasteiger partial charge on any atom is 0.0692 e. The number of aromatic amines is 1. The maximum absolute atomic E-state index is 4.91. The van der Waals surface area contributed by atoms with Crippen LogP contribution in [0.1, 0.15) is 34.9 Å². The van der Waals surface area contributed by atoms with Crippen LogP contribution in [0.4, 0.5) is 5.69 Å². The summed E-state index contributed by atoms with van der Waals surface area (Å²) < 4.78 is 0. The molecule has 0 radical (unpaired) electrons. The Morgan fingerprint density at radius 1 is 0.955 bits per heavy atom. The molecule has 1 aromatic heterocycles. The van der Waals surface area contributed by atoms with Gasteiger partial charge in [-0.2, -0.15) is 0 Å². The third-order valence-electron chi connectivity index (χ3n) is 4.24. The van der Waals surface area contributed by atoms with Crippen molar-refractivity contribution in [2.45, 2.75) is 34.6 Å². The molecule has 3 rings (SSSR count). The van der Waals surface area contributed by atoms with Crippen LogP contribution in [0, 0.1) is 27.7 Å². The van der Waals surface area contributed by atoms with Crippen molar-refractivity contribution in [3.05, 3.63) is 64.3 Å². The molecular formula is C20H22N2. The molecule has 0 unspecified atom stereocenters. The van der Waals surface area contributed by atoms with Crippen LogP contribution in [0.3, 0.4) is 0 Å². The monoisotopic (exact) mass is 290 g/mol. The zero-order valence-electron chi connectivity index (χ0n) is 13.9. The zero-order valence-corrected chi connectivity index (χ0v) is 13.9. The molecule has 0 bridgehead atoms. The number of aryl methyl sites for hydroxylation is 4. The quantitative estimate of drug-likeness (QED) is 0.600. The molecule has 112 valence electrons. The van der Waals surface area contributed by atoms with E-state index >= 15 is 0 Å². The van der Waals surface area contributed by atoms with Crippen molar-refractivity contribution in [2.24, 2.45) is 4.99 Å². The Morgan fingerprint density at radius 2 is 1.59 bits per heavy atom. The predicted octanol–water partition coefficient (Wildman–Crippen LogP) is 5.54. The van der Waals surface area contributed by atoms with Gasteiger partial charge in [0.05, 0.1) is 17.1 Å². The van der Waals surface area contributed by atoms with Gasteiger partial charge in [-0.1, -0.05) is 35.9 Å². The van der Waals surface area contributed by atoms with Gasteiger partial charge in [0.1, 0.15) is 0 Å². The van der Waals surface area contributed by atoms with E-state index in [0.717, 1.165) is 17.1 Å². The van der Waals surface area contributed by atoms with Crippen LogP contribution in [0.15, 0.2) is 41.4 Å². The molecule has 3 aromatic rings. The molecule has 0 saturated heterocycles. The third kappa shape index (κ3) is 2.45. The van der Waals surface area contributed by atoms with E-state index in [2.05, 4.69) is 76.0 Å². The highest BCUT2D eigenvalue weighted by Gasteiger charge is 2.11. The number of fused-ring (bicyclic) bond motifs is 1. The number of H-pyrrole nitrogens is 1. The Labute approximate surface area is 131 Å². The normalized spacial score (nSPS) is 12.1. The highest BCUT2D eigenvalue weighted by molar-refractivity contribution is 6.05. The fourth-order valence-electron chi connectivity index (χ4n) is 3.22. The van der Waals surface area contributed by atoms with E-state index in [9.17, 15) is 0 Å². The molecule has 0 fully saturated rings. The highest BCUT2D eigenvalue weighted by Crippen LogP contribution is 2.27. The molecule has 1 heterocycles. The van der Waals surface area contributed by atoms with Crippen molar-refractivity contribution in [1.82, 2.24) is 4.98 Å². The van der Waals surface area contributed by atoms with Crippen molar-refractivity contribution in [2.75, 3.05) is 0 Å². The number of benzene rings is 2. The molecule has 0 saturated carbocycles. The van der Waals surface area contributed by atoms with E-state index in [1.807, 2.05) is 0 Å². The molecule has 0 aliphatic heterocycles. The molecule has 0 aliphatic carbocycles. The van der Waals surface area contributed by atoms with Gasteiger partial charge in [0, 0.05) is 10.9 Å². The number of hydrogen-bond acceptors (Lipinski definition) is 1. The lowest BCUT2D eigenvalue weighted by atomic mass is 10.0. The van der Waals surface area contributed by atoms with E-state index < -0.39 is 0 Å². The first-order chi connectivity index (χ1) is 10.5. The summed E-state index contributed by atoms with van der Waals surface area (Å²) in [6.45, 7) is 10.6. The zero-order chi connectivity index (χ0) is 15.9. The number of aliphatic imine (C=N–C) groups is 1. The van der Waals surface area contributed by atoms with Gasteiger partial charge in [-0.25, -0.2) is 0 Å². The van der Waals surface area contributed by atoms with Gasteiger partial charge in [-0.3, -0.25) is 4.99 Å². The van der Waals surface area contributed by atoms with Crippen LogP contribution in [-0.4, -0.2) is 10.7 Å². The second-order valence-corrected chi connectivity index (χ2v) is 6.12. The number of nitrogens with zero attached hydrogens (tertiary/aromatic N) is 1. The Bertz CT molecular complexity index is 859. The minimum atomic E-state index is 1.03. The Hall–Kier alpha value is -2.35. The third-order valence-corrected chi connectivity index (χ3v) is 4.24. The topological polar surface area (TPSA) is 28.1 Å². The van der Waals surface area contributed by atoms with Gasteiger partial charge in [0.15, 0.2) is 0 Å². The van der Waals surface area contributed by atoms with E-state index in [4.69, 9.17) is 4.99 Å². The predicted molar refractivity (Wildman–Crippen MR) is 95.6 cm³/mol. The molecule has 2 nitrogen and oxygen atoms in total. The Morgan fingerprint density at radius 3 is 2.23 bits per heavy atom. The molecule has 2 heteroatoms. The van der Waals surface area contributed by atoms with Crippen molar-refractivity contribution in [3.63, 3.8) is 0 Å². The van der Waals surface area contributed by atoms with Crippen molar-refractivity contribution in [1.29, 1.82) is 0 Å². The molecule has 0 aliphatic rings. The van der Waals surface area contributed by atoms with Crippen LogP contribution in [-0.2, 0) is 0 Å². The van der Waals surface area contributed by atoms with Crippen LogP contribution in [0.2, 0.25) is 0 Å². The van der Waals surface area contributed by atoms with E-state index in [0.29, 0.717) is 0 Å². The molecular weight excluding hydrogens is 268 g/mol. The van der Waals surface area contributed by atoms with Gasteiger partial charge >= 0.3 is 0 Å². The fraction of sp³-hybridized carbons (Fsp3) is 0.250. The van der Waals surface area contributed by atoms with Gasteiger partial charge < -0.3 is 4.98 Å². The van der Waals surface area contributed by atoms with Gasteiger partial charge in [-0.15, -0.1) is 0 Å². The number of hydrogen-bond donors (Lipinski definition) is 1. The molecule has 1 N–H and O–H groups in total. The van der Waals surface area contributed by atoms with Crippen LogP contribution < -0.4 is 0 Å². The highest BCUT2D eigenvalue weighted by atomic mass is 14.8. The van der Waals surface area contributed by atoms with Crippen molar-refractivity contribution >= 4 is 22.3 Å². The van der Waals surface area contributed by atoms with Gasteiger partial charge in [0.2, 0.25) is 0 Å². The van der Waals surface area contributed by atoms with E-state index in [-0.39, 0.29) is 0 Å². The van der Waals surface area contributed by atoms with Crippen molar-refractivity contribution in [3.8, 4) is 0 Å². The first kappa shape index (κ1) is 14.6. The second-order valence-electron chi connectivity index (χ2n) is 6.12. The van der Waals surface area contributed by atoms with Crippen molar-refractivity contribution < 1.29 is 0 Å². The lowest BCUT2D eigenvalue weighted by Crippen LogP contribution is -1.98. The summed E-state index contributed by atoms with van der Waals surface area (Å²) in [5.41, 5.74) is 9.41. The summed E-state index contributed by atoms with van der Waals surface area (Å²) in [7, 11) is 0. The largest absolute Gasteiger partial charge is 0.353 e. The summed E-state index contributed by atoms with van der Waals surface area (Å²) in [4.78, 5) is 8.41. The smallest absolute Gasteiger partial charge is 0.0692 e. The SMILES string of the molecule is CC(=Nc1c(C)cc(C)cc1C)c1[nH]c2ccccc2c1C. The molecule has 0 atom stereocenters. The van der Waals surface area contributed by atoms with Crippen LogP contribution >= 0.6 is 0 Å². The first-order valence-electron chi connectivity index (χ1n) is 7.68. The molecule has 0 amide bonds. The average Bonchev–Trinajstić information content (AvgIpc) is 2.80. The molecule has 22 heavy (non-hydrogen) atoms. The lowest BCUT2D eigenvalue weighted by Gasteiger charge is -2.08. The standard InChI is InChI=1S/C20H22N2/c1-12-10-13(2)19(14(3)11-12)21-16(5)20-15(4)17-8-6-7-9-18(17)22-20/h6-11,22H,1-5H3. The summed E-state index contributed by atoms with van der Waals surface area (Å²) in [5, 5.41) is 1.27. The Kier molecular flexibility index (Phi) is 3.61. The first-order valence-corrected chi connectivity index (χ1v) is 7.68. The minimum absolute atomic E-state index is 1.03. The molecule has 0 spiro atoms. The maximum atomic E-state index is 4.91. The lowest BCUT2D eigenvalue weighted by molar-refractivity contribution is 1.27. The summed E-state index contributed by atoms with van der Waals surface area (Å²) in [5.74, 6) is 0. The van der Waals surface area contributed by atoms with Gasteiger partial charge in [-0.05, 0) is 57.4 Å².